The maximum atomic E-state index is 12.4. The second-order valence-corrected chi connectivity index (χ2v) is 7.69. The average Bonchev–Trinajstić information content (AvgIpc) is 2.86. The van der Waals surface area contributed by atoms with Crippen LogP contribution in [0.1, 0.15) is 13.3 Å². The third-order valence-electron chi connectivity index (χ3n) is 3.80. The maximum absolute atomic E-state index is 12.4. The summed E-state index contributed by atoms with van der Waals surface area (Å²) in [7, 11) is 0.181. The SMILES string of the molecule is COc1ccc(N[C@@H](C)C(=O)N(C)[C@H]2CCS(=O)(=O)C2)cn1. The van der Waals surface area contributed by atoms with Crippen LogP contribution in [-0.2, 0) is 14.6 Å². The molecule has 0 bridgehead atoms. The van der Waals surface area contributed by atoms with Gasteiger partial charge in [0.2, 0.25) is 11.8 Å². The lowest BCUT2D eigenvalue weighted by Crippen LogP contribution is -2.45. The molecule has 1 N–H and O–H groups in total. The molecule has 122 valence electrons. The molecule has 1 aromatic rings. The largest absolute Gasteiger partial charge is 0.481 e. The van der Waals surface area contributed by atoms with E-state index in [9.17, 15) is 13.2 Å². The Hall–Kier alpha value is -1.83. The van der Waals surface area contributed by atoms with E-state index in [-0.39, 0.29) is 23.5 Å². The number of ether oxygens (including phenoxy) is 1. The summed E-state index contributed by atoms with van der Waals surface area (Å²) < 4.78 is 28.0. The molecule has 2 atom stereocenters. The number of carbonyl (C=O) groups excluding carboxylic acids is 1. The summed E-state index contributed by atoms with van der Waals surface area (Å²) in [5, 5.41) is 3.06. The van der Waals surface area contributed by atoms with Gasteiger partial charge in [-0.05, 0) is 19.4 Å². The molecule has 0 aromatic carbocycles. The number of rotatable bonds is 5. The lowest BCUT2D eigenvalue weighted by molar-refractivity contribution is -0.132. The van der Waals surface area contributed by atoms with E-state index in [2.05, 4.69) is 10.3 Å². The Morgan fingerprint density at radius 2 is 2.23 bits per heavy atom. The molecule has 0 spiro atoms. The number of nitrogens with zero attached hydrogens (tertiary/aromatic N) is 2. The van der Waals surface area contributed by atoms with E-state index in [1.807, 2.05) is 0 Å². The third-order valence-corrected chi connectivity index (χ3v) is 5.55. The number of aromatic nitrogens is 1. The Balaban J connectivity index is 1.96. The van der Waals surface area contributed by atoms with Gasteiger partial charge in [0, 0.05) is 19.2 Å². The van der Waals surface area contributed by atoms with Gasteiger partial charge in [0.1, 0.15) is 6.04 Å². The van der Waals surface area contributed by atoms with Gasteiger partial charge >= 0.3 is 0 Å². The Labute approximate surface area is 130 Å². The van der Waals surface area contributed by atoms with Gasteiger partial charge in [-0.15, -0.1) is 0 Å². The standard InChI is InChI=1S/C14H21N3O4S/c1-10(16-11-4-5-13(21-3)15-8-11)14(18)17(2)12-6-7-22(19,20)9-12/h4-5,8,10,12,16H,6-7,9H2,1-3H3/t10-,12-/m0/s1. The van der Waals surface area contributed by atoms with Crippen LogP contribution in [-0.4, -0.2) is 62.0 Å². The van der Waals surface area contributed by atoms with Crippen molar-refractivity contribution >= 4 is 21.4 Å². The zero-order valence-corrected chi connectivity index (χ0v) is 13.8. The zero-order chi connectivity index (χ0) is 16.3. The number of likely N-dealkylation sites (N-methyl/N-ethyl adjacent to an activating group) is 1. The highest BCUT2D eigenvalue weighted by molar-refractivity contribution is 7.91. The number of amides is 1. The Morgan fingerprint density at radius 1 is 1.50 bits per heavy atom. The van der Waals surface area contributed by atoms with E-state index in [0.717, 1.165) is 0 Å². The number of hydrogen-bond donors (Lipinski definition) is 1. The molecule has 0 saturated carbocycles. The second kappa shape index (κ2) is 6.51. The molecule has 1 aromatic heterocycles. The molecule has 2 heterocycles. The maximum Gasteiger partial charge on any atom is 0.244 e. The van der Waals surface area contributed by atoms with Gasteiger partial charge in [-0.2, -0.15) is 0 Å². The van der Waals surface area contributed by atoms with Crippen LogP contribution < -0.4 is 10.1 Å². The first-order valence-electron chi connectivity index (χ1n) is 7.06. The molecule has 1 fully saturated rings. The van der Waals surface area contributed by atoms with Gasteiger partial charge in [0.05, 0.1) is 30.5 Å². The number of pyridine rings is 1. The van der Waals surface area contributed by atoms with Gasteiger partial charge in [-0.25, -0.2) is 13.4 Å². The minimum Gasteiger partial charge on any atom is -0.481 e. The Bertz CT molecular complexity index is 630. The highest BCUT2D eigenvalue weighted by Crippen LogP contribution is 2.18. The highest BCUT2D eigenvalue weighted by Gasteiger charge is 2.34. The van der Waals surface area contributed by atoms with Crippen molar-refractivity contribution in [2.75, 3.05) is 31.0 Å². The molecule has 1 saturated heterocycles. The minimum absolute atomic E-state index is 0.0477. The van der Waals surface area contributed by atoms with Crippen LogP contribution >= 0.6 is 0 Å². The van der Waals surface area contributed by atoms with Gasteiger partial charge < -0.3 is 15.0 Å². The second-order valence-electron chi connectivity index (χ2n) is 5.46. The summed E-state index contributed by atoms with van der Waals surface area (Å²) in [4.78, 5) is 18.0. The van der Waals surface area contributed by atoms with E-state index >= 15 is 0 Å². The Kier molecular flexibility index (Phi) is 4.90. The van der Waals surface area contributed by atoms with E-state index in [1.54, 1.807) is 32.3 Å². The van der Waals surface area contributed by atoms with Crippen molar-refractivity contribution in [2.45, 2.75) is 25.4 Å². The van der Waals surface area contributed by atoms with Crippen molar-refractivity contribution in [3.63, 3.8) is 0 Å². The van der Waals surface area contributed by atoms with Crippen molar-refractivity contribution in [1.29, 1.82) is 0 Å². The van der Waals surface area contributed by atoms with Gasteiger partial charge in [0.15, 0.2) is 9.84 Å². The quantitative estimate of drug-likeness (QED) is 0.849. The molecule has 0 radical (unpaired) electrons. The van der Waals surface area contributed by atoms with Crippen molar-refractivity contribution in [3.05, 3.63) is 18.3 Å². The number of nitrogens with one attached hydrogen (secondary N) is 1. The first kappa shape index (κ1) is 16.5. The van der Waals surface area contributed by atoms with E-state index < -0.39 is 15.9 Å². The van der Waals surface area contributed by atoms with Crippen LogP contribution in [0.25, 0.3) is 0 Å². The van der Waals surface area contributed by atoms with Crippen LogP contribution in [0.2, 0.25) is 0 Å². The molecule has 22 heavy (non-hydrogen) atoms. The molecule has 8 heteroatoms. The van der Waals surface area contributed by atoms with E-state index in [0.29, 0.717) is 18.0 Å². The van der Waals surface area contributed by atoms with Gasteiger partial charge in [-0.3, -0.25) is 4.79 Å². The molecule has 0 unspecified atom stereocenters. The van der Waals surface area contributed by atoms with Crippen molar-refractivity contribution in [1.82, 2.24) is 9.88 Å². The third kappa shape index (κ3) is 3.88. The van der Waals surface area contributed by atoms with Crippen LogP contribution in [0, 0.1) is 0 Å². The lowest BCUT2D eigenvalue weighted by Gasteiger charge is -2.27. The topological polar surface area (TPSA) is 88.6 Å². The fourth-order valence-electron chi connectivity index (χ4n) is 2.46. The van der Waals surface area contributed by atoms with Crippen molar-refractivity contribution in [2.24, 2.45) is 0 Å². The smallest absolute Gasteiger partial charge is 0.244 e. The Morgan fingerprint density at radius 3 is 2.73 bits per heavy atom. The molecular weight excluding hydrogens is 306 g/mol. The number of carbonyl (C=O) groups is 1. The summed E-state index contributed by atoms with van der Waals surface area (Å²) >= 11 is 0. The number of anilines is 1. The van der Waals surface area contributed by atoms with E-state index in [4.69, 9.17) is 4.74 Å². The van der Waals surface area contributed by atoms with Gasteiger partial charge in [-0.1, -0.05) is 0 Å². The molecule has 7 nitrogen and oxygen atoms in total. The number of sulfone groups is 1. The predicted molar refractivity (Wildman–Crippen MR) is 83.7 cm³/mol. The first-order valence-corrected chi connectivity index (χ1v) is 8.88. The van der Waals surface area contributed by atoms with Gasteiger partial charge in [0.25, 0.3) is 0 Å². The summed E-state index contributed by atoms with van der Waals surface area (Å²) in [6, 6.07) is 2.77. The molecule has 2 rings (SSSR count). The molecule has 1 aliphatic rings. The predicted octanol–water partition coefficient (Wildman–Crippen LogP) is 0.536. The molecule has 1 aliphatic heterocycles. The van der Waals surface area contributed by atoms with E-state index in [1.165, 1.54) is 12.0 Å². The van der Waals surface area contributed by atoms with Crippen LogP contribution in [0.4, 0.5) is 5.69 Å². The minimum atomic E-state index is -3.00. The monoisotopic (exact) mass is 327 g/mol. The normalized spacial score (nSPS) is 21.1. The summed E-state index contributed by atoms with van der Waals surface area (Å²) in [6.07, 6.45) is 2.09. The molecule has 0 aliphatic carbocycles. The fourth-order valence-corrected chi connectivity index (χ4v) is 4.24. The molecular formula is C14H21N3O4S. The highest BCUT2D eigenvalue weighted by atomic mass is 32.2. The average molecular weight is 327 g/mol. The van der Waals surface area contributed by atoms with Crippen LogP contribution in [0.15, 0.2) is 18.3 Å². The van der Waals surface area contributed by atoms with Crippen molar-refractivity contribution in [3.8, 4) is 5.88 Å². The first-order chi connectivity index (χ1) is 10.3. The van der Waals surface area contributed by atoms with Crippen LogP contribution in [0.5, 0.6) is 5.88 Å². The van der Waals surface area contributed by atoms with Crippen molar-refractivity contribution < 1.29 is 17.9 Å². The summed E-state index contributed by atoms with van der Waals surface area (Å²) in [5.74, 6) is 0.557. The lowest BCUT2D eigenvalue weighted by atomic mass is 10.2. The fraction of sp³-hybridized carbons (Fsp3) is 0.571. The number of methoxy groups -OCH3 is 1. The van der Waals surface area contributed by atoms with Crippen LogP contribution in [0.3, 0.4) is 0 Å². The molecule has 1 amide bonds. The zero-order valence-electron chi connectivity index (χ0n) is 12.9. The summed E-state index contributed by atoms with van der Waals surface area (Å²) in [5.41, 5.74) is 0.703. The summed E-state index contributed by atoms with van der Waals surface area (Å²) in [6.45, 7) is 1.74. The number of hydrogen-bond acceptors (Lipinski definition) is 6.